The molecule has 0 spiro atoms. The molecule has 4 nitrogen and oxygen atoms in total. The first-order chi connectivity index (χ1) is 8.08. The van der Waals surface area contributed by atoms with Crippen molar-refractivity contribution in [3.63, 3.8) is 0 Å². The van der Waals surface area contributed by atoms with Crippen LogP contribution in [0.3, 0.4) is 0 Å². The Labute approximate surface area is 100 Å². The van der Waals surface area contributed by atoms with Crippen molar-refractivity contribution in [2.45, 2.75) is 13.8 Å². The molecule has 0 aliphatic heterocycles. The van der Waals surface area contributed by atoms with Gasteiger partial charge in [-0.25, -0.2) is 0 Å². The van der Waals surface area contributed by atoms with E-state index >= 15 is 0 Å². The SMILES string of the molecule is Cc1ccc(C)n1NC(=O)c1cccc(N)c1. The number of anilines is 1. The van der Waals surface area contributed by atoms with Gasteiger partial charge in [0.2, 0.25) is 0 Å². The van der Waals surface area contributed by atoms with Crippen LogP contribution >= 0.6 is 0 Å². The van der Waals surface area contributed by atoms with Crippen LogP contribution in [0.25, 0.3) is 0 Å². The molecule has 0 fully saturated rings. The van der Waals surface area contributed by atoms with E-state index in [1.807, 2.05) is 26.0 Å². The van der Waals surface area contributed by atoms with E-state index in [0.29, 0.717) is 11.3 Å². The summed E-state index contributed by atoms with van der Waals surface area (Å²) in [5.74, 6) is -0.167. The van der Waals surface area contributed by atoms with Crippen LogP contribution in [0.4, 0.5) is 5.69 Å². The number of hydrogen-bond donors (Lipinski definition) is 2. The molecule has 17 heavy (non-hydrogen) atoms. The largest absolute Gasteiger partial charge is 0.399 e. The van der Waals surface area contributed by atoms with Crippen molar-refractivity contribution in [1.82, 2.24) is 4.68 Å². The number of carbonyl (C=O) groups is 1. The molecule has 0 unspecified atom stereocenters. The number of hydrogen-bond acceptors (Lipinski definition) is 2. The Kier molecular flexibility index (Phi) is 2.87. The van der Waals surface area contributed by atoms with E-state index in [2.05, 4.69) is 5.43 Å². The minimum Gasteiger partial charge on any atom is -0.399 e. The molecule has 0 atom stereocenters. The van der Waals surface area contributed by atoms with Crippen LogP contribution in [-0.4, -0.2) is 10.6 Å². The summed E-state index contributed by atoms with van der Waals surface area (Å²) in [5.41, 5.74) is 11.6. The molecule has 0 bridgehead atoms. The summed E-state index contributed by atoms with van der Waals surface area (Å²) in [6, 6.07) is 10.8. The highest BCUT2D eigenvalue weighted by molar-refractivity contribution is 6.00. The first-order valence-corrected chi connectivity index (χ1v) is 5.40. The quantitative estimate of drug-likeness (QED) is 0.774. The van der Waals surface area contributed by atoms with Crippen LogP contribution in [0.2, 0.25) is 0 Å². The van der Waals surface area contributed by atoms with E-state index in [-0.39, 0.29) is 5.91 Å². The zero-order valence-corrected chi connectivity index (χ0v) is 9.90. The third-order valence-corrected chi connectivity index (χ3v) is 2.63. The van der Waals surface area contributed by atoms with Gasteiger partial charge in [0.25, 0.3) is 5.91 Å². The van der Waals surface area contributed by atoms with Gasteiger partial charge in [0.15, 0.2) is 0 Å². The standard InChI is InChI=1S/C13H15N3O/c1-9-6-7-10(2)16(9)15-13(17)11-4-3-5-12(14)8-11/h3-8H,14H2,1-2H3,(H,15,17). The fraction of sp³-hybridized carbons (Fsp3) is 0.154. The van der Waals surface area contributed by atoms with Gasteiger partial charge in [-0.3, -0.25) is 14.9 Å². The van der Waals surface area contributed by atoms with E-state index in [1.54, 1.807) is 28.9 Å². The van der Waals surface area contributed by atoms with E-state index in [4.69, 9.17) is 5.73 Å². The van der Waals surface area contributed by atoms with Gasteiger partial charge in [-0.2, -0.15) is 0 Å². The zero-order chi connectivity index (χ0) is 12.4. The van der Waals surface area contributed by atoms with E-state index in [0.717, 1.165) is 11.4 Å². The molecule has 0 radical (unpaired) electrons. The first-order valence-electron chi connectivity index (χ1n) is 5.40. The fourth-order valence-corrected chi connectivity index (χ4v) is 1.69. The minimum absolute atomic E-state index is 0.167. The molecule has 0 aliphatic carbocycles. The second-order valence-electron chi connectivity index (χ2n) is 4.02. The monoisotopic (exact) mass is 229 g/mol. The minimum atomic E-state index is -0.167. The summed E-state index contributed by atoms with van der Waals surface area (Å²) in [4.78, 5) is 12.0. The molecule has 0 saturated heterocycles. The van der Waals surface area contributed by atoms with Crippen LogP contribution in [0, 0.1) is 13.8 Å². The number of amides is 1. The van der Waals surface area contributed by atoms with Gasteiger partial charge in [0, 0.05) is 22.6 Å². The van der Waals surface area contributed by atoms with Gasteiger partial charge in [-0.05, 0) is 44.2 Å². The number of nitrogens with one attached hydrogen (secondary N) is 1. The second kappa shape index (κ2) is 4.33. The Morgan fingerprint density at radius 3 is 2.41 bits per heavy atom. The van der Waals surface area contributed by atoms with Gasteiger partial charge in [0.05, 0.1) is 0 Å². The maximum atomic E-state index is 12.0. The Morgan fingerprint density at radius 2 is 1.82 bits per heavy atom. The number of rotatable bonds is 2. The predicted molar refractivity (Wildman–Crippen MR) is 68.5 cm³/mol. The molecule has 1 aromatic heterocycles. The molecule has 2 aromatic rings. The number of aromatic nitrogens is 1. The molecule has 88 valence electrons. The van der Waals surface area contributed by atoms with Crippen molar-refractivity contribution in [3.05, 3.63) is 53.3 Å². The lowest BCUT2D eigenvalue weighted by molar-refractivity contribution is 0.101. The summed E-state index contributed by atoms with van der Waals surface area (Å²) in [7, 11) is 0. The van der Waals surface area contributed by atoms with Crippen molar-refractivity contribution in [2.75, 3.05) is 11.2 Å². The lowest BCUT2D eigenvalue weighted by Gasteiger charge is -2.11. The van der Waals surface area contributed by atoms with E-state index in [9.17, 15) is 4.79 Å². The number of nitrogens with two attached hydrogens (primary N) is 1. The maximum Gasteiger partial charge on any atom is 0.270 e. The van der Waals surface area contributed by atoms with E-state index < -0.39 is 0 Å². The summed E-state index contributed by atoms with van der Waals surface area (Å²) >= 11 is 0. The van der Waals surface area contributed by atoms with Gasteiger partial charge >= 0.3 is 0 Å². The molecule has 2 rings (SSSR count). The second-order valence-corrected chi connectivity index (χ2v) is 4.02. The highest BCUT2D eigenvalue weighted by Gasteiger charge is 2.08. The molecule has 1 amide bonds. The van der Waals surface area contributed by atoms with Gasteiger partial charge in [-0.15, -0.1) is 0 Å². The van der Waals surface area contributed by atoms with Crippen molar-refractivity contribution < 1.29 is 4.79 Å². The number of carbonyl (C=O) groups excluding carboxylic acids is 1. The molecule has 4 heteroatoms. The van der Waals surface area contributed by atoms with Crippen LogP contribution in [0.15, 0.2) is 36.4 Å². The molecular weight excluding hydrogens is 214 g/mol. The predicted octanol–water partition coefficient (Wildman–Crippen LogP) is 2.07. The summed E-state index contributed by atoms with van der Waals surface area (Å²) in [6.07, 6.45) is 0. The molecule has 1 aromatic carbocycles. The van der Waals surface area contributed by atoms with Crippen LogP contribution in [0.1, 0.15) is 21.7 Å². The van der Waals surface area contributed by atoms with Gasteiger partial charge in [-0.1, -0.05) is 6.07 Å². The summed E-state index contributed by atoms with van der Waals surface area (Å²) < 4.78 is 1.76. The fourth-order valence-electron chi connectivity index (χ4n) is 1.69. The highest BCUT2D eigenvalue weighted by Crippen LogP contribution is 2.09. The third kappa shape index (κ3) is 2.30. The van der Waals surface area contributed by atoms with Crippen molar-refractivity contribution in [3.8, 4) is 0 Å². The normalized spacial score (nSPS) is 10.2. The first kappa shape index (κ1) is 11.3. The average molecular weight is 229 g/mol. The molecule has 0 aliphatic rings. The zero-order valence-electron chi connectivity index (χ0n) is 9.90. The molecule has 1 heterocycles. The van der Waals surface area contributed by atoms with Crippen molar-refractivity contribution in [1.29, 1.82) is 0 Å². The molecule has 3 N–H and O–H groups in total. The van der Waals surface area contributed by atoms with Gasteiger partial charge in [0.1, 0.15) is 0 Å². The summed E-state index contributed by atoms with van der Waals surface area (Å²) in [6.45, 7) is 3.87. The Morgan fingerprint density at radius 1 is 1.18 bits per heavy atom. The topological polar surface area (TPSA) is 60.0 Å². The van der Waals surface area contributed by atoms with Crippen LogP contribution < -0.4 is 11.2 Å². The van der Waals surface area contributed by atoms with E-state index in [1.165, 1.54) is 0 Å². The maximum absolute atomic E-state index is 12.0. The lowest BCUT2D eigenvalue weighted by atomic mass is 10.2. The number of nitrogen functional groups attached to an aromatic ring is 1. The molecular formula is C13H15N3O. The Balaban J connectivity index is 2.23. The average Bonchev–Trinajstić information content (AvgIpc) is 2.61. The smallest absolute Gasteiger partial charge is 0.270 e. The van der Waals surface area contributed by atoms with Gasteiger partial charge < -0.3 is 5.73 Å². The third-order valence-electron chi connectivity index (χ3n) is 2.63. The Hall–Kier alpha value is -2.23. The molecule has 0 saturated carbocycles. The van der Waals surface area contributed by atoms with Crippen LogP contribution in [-0.2, 0) is 0 Å². The lowest BCUT2D eigenvalue weighted by Crippen LogP contribution is -2.24. The number of aryl methyl sites for hydroxylation is 2. The number of benzene rings is 1. The Bertz CT molecular complexity index is 538. The highest BCUT2D eigenvalue weighted by atomic mass is 16.2. The van der Waals surface area contributed by atoms with Crippen molar-refractivity contribution in [2.24, 2.45) is 0 Å². The van der Waals surface area contributed by atoms with Crippen LogP contribution in [0.5, 0.6) is 0 Å². The van der Waals surface area contributed by atoms with Crippen molar-refractivity contribution >= 4 is 11.6 Å². The summed E-state index contributed by atoms with van der Waals surface area (Å²) in [5, 5.41) is 0. The number of nitrogens with zero attached hydrogens (tertiary/aromatic N) is 1.